The number of aliphatic hydroxyl groups excluding tert-OH is 1. The maximum absolute atomic E-state index is 11.7. The Morgan fingerprint density at radius 3 is 2.62 bits per heavy atom. The molecule has 1 amide bonds. The Labute approximate surface area is 93.8 Å². The van der Waals surface area contributed by atoms with E-state index in [1.54, 1.807) is 0 Å². The van der Waals surface area contributed by atoms with Gasteiger partial charge in [-0.15, -0.1) is 0 Å². The highest BCUT2D eigenvalue weighted by atomic mass is 16.4. The molecule has 1 rings (SSSR count). The molecule has 0 aromatic carbocycles. The van der Waals surface area contributed by atoms with Crippen molar-refractivity contribution in [3.05, 3.63) is 0 Å². The monoisotopic (exact) mass is 230 g/mol. The van der Waals surface area contributed by atoms with Gasteiger partial charge in [-0.05, 0) is 19.3 Å². The lowest BCUT2D eigenvalue weighted by Gasteiger charge is -2.26. The van der Waals surface area contributed by atoms with Crippen LogP contribution in [0.4, 0.5) is 0 Å². The van der Waals surface area contributed by atoms with Gasteiger partial charge in [0.2, 0.25) is 5.91 Å². The van der Waals surface area contributed by atoms with Crippen LogP contribution in [0, 0.1) is 5.92 Å². The quantitative estimate of drug-likeness (QED) is 0.498. The van der Waals surface area contributed by atoms with Crippen molar-refractivity contribution in [2.75, 3.05) is 6.61 Å². The molecule has 1 aliphatic rings. The van der Waals surface area contributed by atoms with Crippen LogP contribution < -0.4 is 11.1 Å². The number of nitrogens with one attached hydrogen (secondary N) is 1. The number of carbonyl (C=O) groups is 2. The highest BCUT2D eigenvalue weighted by Crippen LogP contribution is 2.23. The molecule has 0 aromatic heterocycles. The van der Waals surface area contributed by atoms with Gasteiger partial charge in [-0.25, -0.2) is 4.79 Å². The zero-order valence-electron chi connectivity index (χ0n) is 9.06. The van der Waals surface area contributed by atoms with Crippen LogP contribution >= 0.6 is 0 Å². The zero-order chi connectivity index (χ0) is 12.1. The summed E-state index contributed by atoms with van der Waals surface area (Å²) in [6.45, 7) is -0.597. The van der Waals surface area contributed by atoms with Crippen LogP contribution in [-0.2, 0) is 9.59 Å². The number of carboxylic acids is 1. The van der Waals surface area contributed by atoms with Gasteiger partial charge >= 0.3 is 5.97 Å². The van der Waals surface area contributed by atoms with Crippen LogP contribution in [0.3, 0.4) is 0 Å². The van der Waals surface area contributed by atoms with E-state index in [-0.39, 0.29) is 17.9 Å². The van der Waals surface area contributed by atoms with Gasteiger partial charge in [0.15, 0.2) is 0 Å². The van der Waals surface area contributed by atoms with E-state index in [0.29, 0.717) is 6.42 Å². The lowest BCUT2D eigenvalue weighted by Crippen LogP contribution is -2.47. The second kappa shape index (κ2) is 5.81. The van der Waals surface area contributed by atoms with Crippen molar-refractivity contribution in [2.24, 2.45) is 11.7 Å². The average molecular weight is 230 g/mol. The third-order valence-corrected chi connectivity index (χ3v) is 2.88. The Morgan fingerprint density at radius 2 is 2.12 bits per heavy atom. The Hall–Kier alpha value is -1.14. The summed E-state index contributed by atoms with van der Waals surface area (Å²) in [6, 6.07) is -1.20. The lowest BCUT2D eigenvalue weighted by atomic mass is 9.85. The van der Waals surface area contributed by atoms with E-state index in [4.69, 9.17) is 15.9 Å². The van der Waals surface area contributed by atoms with Gasteiger partial charge in [0.25, 0.3) is 0 Å². The van der Waals surface area contributed by atoms with Crippen molar-refractivity contribution in [3.8, 4) is 0 Å². The van der Waals surface area contributed by atoms with Crippen molar-refractivity contribution in [1.82, 2.24) is 5.32 Å². The number of nitrogens with two attached hydrogens (primary N) is 1. The van der Waals surface area contributed by atoms with Gasteiger partial charge in [0.05, 0.1) is 6.61 Å². The summed E-state index contributed by atoms with van der Waals surface area (Å²) in [6.07, 6.45) is 3.11. The third kappa shape index (κ3) is 3.46. The van der Waals surface area contributed by atoms with Crippen LogP contribution in [0.5, 0.6) is 0 Å². The van der Waals surface area contributed by atoms with Crippen LogP contribution in [0.15, 0.2) is 0 Å². The highest BCUT2D eigenvalue weighted by Gasteiger charge is 2.28. The van der Waals surface area contributed by atoms with Crippen molar-refractivity contribution in [1.29, 1.82) is 0 Å². The molecule has 6 nitrogen and oxygen atoms in total. The number of aliphatic hydroxyl groups is 1. The molecule has 0 aliphatic heterocycles. The maximum Gasteiger partial charge on any atom is 0.328 e. The minimum atomic E-state index is -1.23. The summed E-state index contributed by atoms with van der Waals surface area (Å²) < 4.78 is 0. The fraction of sp³-hybridized carbons (Fsp3) is 0.800. The summed E-state index contributed by atoms with van der Waals surface area (Å²) in [5.74, 6) is -1.77. The minimum absolute atomic E-state index is 0.0157. The molecule has 6 heteroatoms. The van der Waals surface area contributed by atoms with Crippen molar-refractivity contribution in [2.45, 2.75) is 37.8 Å². The first-order chi connectivity index (χ1) is 7.54. The SMILES string of the molecule is NC1CCCC(C(=O)N[C@H](CO)C(=O)O)C1. The van der Waals surface area contributed by atoms with Crippen LogP contribution in [0.2, 0.25) is 0 Å². The summed E-state index contributed by atoms with van der Waals surface area (Å²) in [5.41, 5.74) is 5.74. The summed E-state index contributed by atoms with van der Waals surface area (Å²) >= 11 is 0. The first-order valence-electron chi connectivity index (χ1n) is 5.44. The van der Waals surface area contributed by atoms with Crippen molar-refractivity contribution < 1.29 is 19.8 Å². The summed E-state index contributed by atoms with van der Waals surface area (Å²) in [5, 5.41) is 19.8. The fourth-order valence-electron chi connectivity index (χ4n) is 1.94. The van der Waals surface area contributed by atoms with E-state index in [2.05, 4.69) is 5.32 Å². The van der Waals surface area contributed by atoms with E-state index in [1.165, 1.54) is 0 Å². The van der Waals surface area contributed by atoms with Crippen LogP contribution in [0.1, 0.15) is 25.7 Å². The number of amides is 1. The predicted molar refractivity (Wildman–Crippen MR) is 56.6 cm³/mol. The van der Waals surface area contributed by atoms with Crippen molar-refractivity contribution in [3.63, 3.8) is 0 Å². The average Bonchev–Trinajstić information content (AvgIpc) is 2.25. The van der Waals surface area contributed by atoms with Crippen LogP contribution in [0.25, 0.3) is 0 Å². The van der Waals surface area contributed by atoms with E-state index in [0.717, 1.165) is 19.3 Å². The topological polar surface area (TPSA) is 113 Å². The molecule has 1 aliphatic carbocycles. The molecule has 0 aromatic rings. The second-order valence-corrected chi connectivity index (χ2v) is 4.21. The highest BCUT2D eigenvalue weighted by molar-refractivity contribution is 5.85. The van der Waals surface area contributed by atoms with Gasteiger partial charge in [-0.3, -0.25) is 4.79 Å². The smallest absolute Gasteiger partial charge is 0.328 e. The molecular formula is C10H18N2O4. The van der Waals surface area contributed by atoms with Gasteiger partial charge in [-0.1, -0.05) is 6.42 Å². The molecule has 0 spiro atoms. The predicted octanol–water partition coefficient (Wildman–Crippen LogP) is -0.934. The fourth-order valence-corrected chi connectivity index (χ4v) is 1.94. The van der Waals surface area contributed by atoms with E-state index in [9.17, 15) is 9.59 Å². The van der Waals surface area contributed by atoms with E-state index < -0.39 is 18.6 Å². The Morgan fingerprint density at radius 1 is 1.44 bits per heavy atom. The van der Waals surface area contributed by atoms with E-state index >= 15 is 0 Å². The Balaban J connectivity index is 2.47. The Kier molecular flexibility index (Phi) is 4.70. The van der Waals surface area contributed by atoms with Gasteiger partial charge in [-0.2, -0.15) is 0 Å². The van der Waals surface area contributed by atoms with Gasteiger partial charge in [0.1, 0.15) is 6.04 Å². The molecule has 0 bridgehead atoms. The van der Waals surface area contributed by atoms with Crippen molar-refractivity contribution >= 4 is 11.9 Å². The van der Waals surface area contributed by atoms with Gasteiger partial charge < -0.3 is 21.3 Å². The number of rotatable bonds is 4. The largest absolute Gasteiger partial charge is 0.480 e. The molecular weight excluding hydrogens is 212 g/mol. The molecule has 0 heterocycles. The minimum Gasteiger partial charge on any atom is -0.480 e. The number of hydrogen-bond acceptors (Lipinski definition) is 4. The van der Waals surface area contributed by atoms with Crippen LogP contribution in [-0.4, -0.2) is 40.8 Å². The summed E-state index contributed by atoms with van der Waals surface area (Å²) in [7, 11) is 0. The Bertz CT molecular complexity index is 270. The number of hydrogen-bond donors (Lipinski definition) is 4. The number of carbonyl (C=O) groups excluding carboxylic acids is 1. The zero-order valence-corrected chi connectivity index (χ0v) is 9.06. The van der Waals surface area contributed by atoms with E-state index in [1.807, 2.05) is 0 Å². The first-order valence-corrected chi connectivity index (χ1v) is 5.44. The maximum atomic E-state index is 11.7. The standard InChI is InChI=1S/C10H18N2O4/c11-7-3-1-2-6(4-7)9(14)12-8(5-13)10(15)16/h6-8,13H,1-5,11H2,(H,12,14)(H,15,16)/t6?,7?,8-/m1/s1. The third-order valence-electron chi connectivity index (χ3n) is 2.88. The lowest BCUT2D eigenvalue weighted by molar-refractivity contribution is -0.143. The molecule has 0 saturated heterocycles. The molecule has 2 unspecified atom stereocenters. The molecule has 16 heavy (non-hydrogen) atoms. The molecule has 1 fully saturated rings. The van der Waals surface area contributed by atoms with Gasteiger partial charge in [0, 0.05) is 12.0 Å². The first kappa shape index (κ1) is 12.9. The normalized spacial score (nSPS) is 27.1. The number of aliphatic carboxylic acids is 1. The molecule has 92 valence electrons. The molecule has 0 radical (unpaired) electrons. The summed E-state index contributed by atoms with van der Waals surface area (Å²) in [4.78, 5) is 22.3. The number of carboxylic acid groups (broad SMARTS) is 1. The molecule has 3 atom stereocenters. The molecule has 5 N–H and O–H groups in total. The molecule has 1 saturated carbocycles. The second-order valence-electron chi connectivity index (χ2n) is 4.21.